The highest BCUT2D eigenvalue weighted by Crippen LogP contribution is 2.23. The topological polar surface area (TPSA) is 21.7 Å². The summed E-state index contributed by atoms with van der Waals surface area (Å²) in [5.74, 6) is 2.02. The zero-order valence-corrected chi connectivity index (χ0v) is 22.7. The first kappa shape index (κ1) is 27.5. The molecule has 0 aliphatic heterocycles. The van der Waals surface area contributed by atoms with E-state index in [4.69, 9.17) is 9.47 Å². The fourth-order valence-corrected chi connectivity index (χ4v) is 4.66. The van der Waals surface area contributed by atoms with Crippen molar-refractivity contribution in [1.29, 1.82) is 0 Å². The molecule has 0 unspecified atom stereocenters. The molecule has 0 heterocycles. The molecule has 0 aromatic heterocycles. The van der Waals surface area contributed by atoms with Crippen molar-refractivity contribution in [2.75, 3.05) is 33.4 Å². The van der Waals surface area contributed by atoms with Gasteiger partial charge in [-0.2, -0.15) is 0 Å². The standard InChI is InChI=1S/C35H41NO2/c1-36(24-12-14-26-37-34-22-10-8-20-32(34)28-30-16-4-2-5-17-30)25-13-15-27-38-35-23-11-9-21-33(35)29-31-18-6-3-7-19-31/h2-11,16-23H,12-15,24-29H2,1H3. The maximum atomic E-state index is 6.16. The summed E-state index contributed by atoms with van der Waals surface area (Å²) in [6, 6.07) is 38.0. The Morgan fingerprint density at radius 3 is 1.32 bits per heavy atom. The molecule has 0 radical (unpaired) electrons. The third-order valence-electron chi connectivity index (χ3n) is 6.80. The summed E-state index contributed by atoms with van der Waals surface area (Å²) in [5, 5.41) is 0. The van der Waals surface area contributed by atoms with Gasteiger partial charge in [0.2, 0.25) is 0 Å². The Morgan fingerprint density at radius 1 is 0.474 bits per heavy atom. The number of benzene rings is 4. The zero-order chi connectivity index (χ0) is 26.3. The minimum Gasteiger partial charge on any atom is -0.493 e. The van der Waals surface area contributed by atoms with E-state index in [-0.39, 0.29) is 0 Å². The lowest BCUT2D eigenvalue weighted by atomic mass is 10.0. The summed E-state index contributed by atoms with van der Waals surface area (Å²) >= 11 is 0. The van der Waals surface area contributed by atoms with Gasteiger partial charge in [-0.1, -0.05) is 97.1 Å². The van der Waals surface area contributed by atoms with E-state index in [1.807, 2.05) is 0 Å². The predicted molar refractivity (Wildman–Crippen MR) is 158 cm³/mol. The number of unbranched alkanes of at least 4 members (excludes halogenated alkanes) is 2. The first-order chi connectivity index (χ1) is 18.8. The van der Waals surface area contributed by atoms with Crippen molar-refractivity contribution in [1.82, 2.24) is 4.90 Å². The number of hydrogen-bond acceptors (Lipinski definition) is 3. The van der Waals surface area contributed by atoms with E-state index in [0.29, 0.717) is 0 Å². The molecule has 3 heteroatoms. The lowest BCUT2D eigenvalue weighted by Crippen LogP contribution is -2.21. The fourth-order valence-electron chi connectivity index (χ4n) is 4.66. The second kappa shape index (κ2) is 15.6. The molecule has 0 bridgehead atoms. The summed E-state index contributed by atoms with van der Waals surface area (Å²) in [6.45, 7) is 3.71. The first-order valence-corrected chi connectivity index (χ1v) is 14.0. The van der Waals surface area contributed by atoms with Gasteiger partial charge in [0, 0.05) is 12.8 Å². The van der Waals surface area contributed by atoms with Gasteiger partial charge >= 0.3 is 0 Å². The third kappa shape index (κ3) is 9.39. The van der Waals surface area contributed by atoms with E-state index in [1.165, 1.54) is 22.3 Å². The zero-order valence-electron chi connectivity index (χ0n) is 22.7. The highest BCUT2D eigenvalue weighted by Gasteiger charge is 2.06. The summed E-state index contributed by atoms with van der Waals surface area (Å²) in [6.07, 6.45) is 6.21. The third-order valence-corrected chi connectivity index (χ3v) is 6.80. The number of rotatable bonds is 16. The maximum Gasteiger partial charge on any atom is 0.122 e. The minimum atomic E-state index is 0.760. The Hall–Kier alpha value is -3.56. The number of ether oxygens (including phenoxy) is 2. The first-order valence-electron chi connectivity index (χ1n) is 14.0. The molecule has 4 aromatic carbocycles. The molecular weight excluding hydrogens is 466 g/mol. The maximum absolute atomic E-state index is 6.16. The summed E-state index contributed by atoms with van der Waals surface area (Å²) < 4.78 is 12.3. The molecule has 0 aliphatic carbocycles. The highest BCUT2D eigenvalue weighted by molar-refractivity contribution is 5.38. The van der Waals surface area contributed by atoms with Gasteiger partial charge < -0.3 is 14.4 Å². The van der Waals surface area contributed by atoms with Crippen LogP contribution in [0, 0.1) is 0 Å². The molecular formula is C35H41NO2. The van der Waals surface area contributed by atoms with Crippen molar-refractivity contribution in [2.24, 2.45) is 0 Å². The largest absolute Gasteiger partial charge is 0.493 e. The van der Waals surface area contributed by atoms with Gasteiger partial charge in [-0.15, -0.1) is 0 Å². The van der Waals surface area contributed by atoms with Gasteiger partial charge in [0.05, 0.1) is 13.2 Å². The van der Waals surface area contributed by atoms with Crippen LogP contribution < -0.4 is 9.47 Å². The van der Waals surface area contributed by atoms with Gasteiger partial charge in [-0.25, -0.2) is 0 Å². The molecule has 0 amide bonds. The normalized spacial score (nSPS) is 11.0. The highest BCUT2D eigenvalue weighted by atomic mass is 16.5. The van der Waals surface area contributed by atoms with Gasteiger partial charge in [0.25, 0.3) is 0 Å². The molecule has 0 saturated heterocycles. The van der Waals surface area contributed by atoms with Crippen LogP contribution in [0.15, 0.2) is 109 Å². The second-order valence-electron chi connectivity index (χ2n) is 9.95. The molecule has 0 fully saturated rings. The number of nitrogens with zero attached hydrogens (tertiary/aromatic N) is 1. The minimum absolute atomic E-state index is 0.760. The van der Waals surface area contributed by atoms with Crippen molar-refractivity contribution in [3.05, 3.63) is 131 Å². The Morgan fingerprint density at radius 2 is 0.868 bits per heavy atom. The van der Waals surface area contributed by atoms with Crippen LogP contribution in [0.2, 0.25) is 0 Å². The molecule has 4 aromatic rings. The second-order valence-corrected chi connectivity index (χ2v) is 9.95. The molecule has 198 valence electrons. The summed E-state index contributed by atoms with van der Waals surface area (Å²) in [5.41, 5.74) is 5.13. The van der Waals surface area contributed by atoms with E-state index in [9.17, 15) is 0 Å². The van der Waals surface area contributed by atoms with E-state index >= 15 is 0 Å². The van der Waals surface area contributed by atoms with E-state index < -0.39 is 0 Å². The number of para-hydroxylation sites is 2. The molecule has 4 rings (SSSR count). The Bertz CT molecular complexity index is 1100. The Balaban J connectivity index is 1.08. The average Bonchev–Trinajstić information content (AvgIpc) is 2.95. The molecule has 0 N–H and O–H groups in total. The Kier molecular flexibility index (Phi) is 11.3. The van der Waals surface area contributed by atoms with Gasteiger partial charge in [-0.3, -0.25) is 0 Å². The van der Waals surface area contributed by atoms with E-state index in [2.05, 4.69) is 121 Å². The predicted octanol–water partition coefficient (Wildman–Crippen LogP) is 7.82. The van der Waals surface area contributed by atoms with Crippen LogP contribution in [0.25, 0.3) is 0 Å². The SMILES string of the molecule is CN(CCCCOc1ccccc1Cc1ccccc1)CCCCOc1ccccc1Cc1ccccc1. The molecule has 38 heavy (non-hydrogen) atoms. The summed E-state index contributed by atoms with van der Waals surface area (Å²) in [7, 11) is 2.21. The van der Waals surface area contributed by atoms with Crippen LogP contribution in [0.3, 0.4) is 0 Å². The van der Waals surface area contributed by atoms with Gasteiger partial charge in [-0.05, 0) is 80.2 Å². The van der Waals surface area contributed by atoms with Crippen LogP contribution in [0.4, 0.5) is 0 Å². The van der Waals surface area contributed by atoms with Crippen LogP contribution in [0.5, 0.6) is 11.5 Å². The fraction of sp³-hybridized carbons (Fsp3) is 0.314. The summed E-state index contributed by atoms with van der Waals surface area (Å²) in [4.78, 5) is 2.42. The van der Waals surface area contributed by atoms with Gasteiger partial charge in [0.15, 0.2) is 0 Å². The smallest absolute Gasteiger partial charge is 0.122 e. The van der Waals surface area contributed by atoms with Crippen LogP contribution in [-0.4, -0.2) is 38.3 Å². The van der Waals surface area contributed by atoms with Gasteiger partial charge in [0.1, 0.15) is 11.5 Å². The lowest BCUT2D eigenvalue weighted by molar-refractivity contribution is 0.262. The van der Waals surface area contributed by atoms with Crippen LogP contribution >= 0.6 is 0 Å². The van der Waals surface area contributed by atoms with Crippen molar-refractivity contribution >= 4 is 0 Å². The van der Waals surface area contributed by atoms with E-state index in [1.54, 1.807) is 0 Å². The van der Waals surface area contributed by atoms with Crippen LogP contribution in [0.1, 0.15) is 47.9 Å². The van der Waals surface area contributed by atoms with Crippen molar-refractivity contribution in [3.8, 4) is 11.5 Å². The van der Waals surface area contributed by atoms with Crippen molar-refractivity contribution in [3.63, 3.8) is 0 Å². The van der Waals surface area contributed by atoms with Crippen molar-refractivity contribution in [2.45, 2.75) is 38.5 Å². The monoisotopic (exact) mass is 507 g/mol. The number of hydrogen-bond donors (Lipinski definition) is 0. The van der Waals surface area contributed by atoms with Crippen LogP contribution in [-0.2, 0) is 12.8 Å². The lowest BCUT2D eigenvalue weighted by Gasteiger charge is -2.17. The quantitative estimate of drug-likeness (QED) is 0.144. The molecule has 0 saturated carbocycles. The molecule has 0 atom stereocenters. The molecule has 0 spiro atoms. The Labute approximate surface area is 229 Å². The molecule has 0 aliphatic rings. The average molecular weight is 508 g/mol. The van der Waals surface area contributed by atoms with Crippen molar-refractivity contribution < 1.29 is 9.47 Å². The van der Waals surface area contributed by atoms with E-state index in [0.717, 1.165) is 76.3 Å². The molecule has 3 nitrogen and oxygen atoms in total.